The zero-order valence-electron chi connectivity index (χ0n) is 18.7. The Balaban J connectivity index is 1.58. The van der Waals surface area contributed by atoms with Crippen LogP contribution in [0.1, 0.15) is 61.4 Å². The van der Waals surface area contributed by atoms with Gasteiger partial charge in [-0.25, -0.2) is 22.4 Å². The van der Waals surface area contributed by atoms with E-state index in [1.54, 1.807) is 0 Å². The van der Waals surface area contributed by atoms with Crippen molar-refractivity contribution in [2.75, 3.05) is 13.2 Å². The van der Waals surface area contributed by atoms with Crippen molar-refractivity contribution in [2.24, 2.45) is 5.92 Å². The average Bonchev–Trinajstić information content (AvgIpc) is 2.78. The number of carbonyl (C=O) groups excluding carboxylic acids is 1. The molecule has 1 aliphatic carbocycles. The molecule has 2 aromatic rings. The first-order valence-corrected chi connectivity index (χ1v) is 11.2. The van der Waals surface area contributed by atoms with Gasteiger partial charge in [-0.3, -0.25) is 0 Å². The van der Waals surface area contributed by atoms with Gasteiger partial charge in [0.1, 0.15) is 52.0 Å². The molecule has 9 heteroatoms. The van der Waals surface area contributed by atoms with Gasteiger partial charge >= 0.3 is 5.97 Å². The molecule has 1 aliphatic rings. The summed E-state index contributed by atoms with van der Waals surface area (Å²) in [5.74, 6) is -6.97. The SMILES string of the molecule is CCCCO[C@H]1CC[C@H](COc2cc(F)c(C(=O)Oc3cc(F)c(C#N)c(F)c3)c(F)c2)CC1. The first-order chi connectivity index (χ1) is 16.3. The standard InChI is InChI=1S/C25H25F4NO4/c1-2-3-8-32-16-6-4-15(5-7-16)14-33-17-9-22(28)24(23(29)10-17)25(31)34-18-11-20(26)19(13-30)21(27)12-18/h9-12,15-16H,2-8,14H2,1H3/t15-,16-. The van der Waals surface area contributed by atoms with Gasteiger partial charge in [0, 0.05) is 30.9 Å². The zero-order valence-corrected chi connectivity index (χ0v) is 18.7. The third kappa shape index (κ3) is 6.48. The smallest absolute Gasteiger partial charge is 0.349 e. The molecule has 0 heterocycles. The Kier molecular flexibility index (Phi) is 8.88. The van der Waals surface area contributed by atoms with Gasteiger partial charge < -0.3 is 14.2 Å². The Hall–Kier alpha value is -3.12. The van der Waals surface area contributed by atoms with Gasteiger partial charge in [0.05, 0.1) is 12.7 Å². The number of unbranched alkanes of at least 4 members (excludes halogenated alkanes) is 1. The highest BCUT2D eigenvalue weighted by Gasteiger charge is 2.25. The summed E-state index contributed by atoms with van der Waals surface area (Å²) in [6, 6.07) is 4.20. The first-order valence-electron chi connectivity index (χ1n) is 11.2. The average molecular weight is 479 g/mol. The van der Waals surface area contributed by atoms with Crippen LogP contribution < -0.4 is 9.47 Å². The van der Waals surface area contributed by atoms with Crippen LogP contribution >= 0.6 is 0 Å². The van der Waals surface area contributed by atoms with E-state index < -0.39 is 46.1 Å². The molecule has 34 heavy (non-hydrogen) atoms. The molecule has 0 atom stereocenters. The van der Waals surface area contributed by atoms with Crippen molar-refractivity contribution in [3.8, 4) is 17.6 Å². The summed E-state index contributed by atoms with van der Waals surface area (Å²) in [4.78, 5) is 12.2. The van der Waals surface area contributed by atoms with Crippen molar-refractivity contribution >= 4 is 5.97 Å². The molecule has 182 valence electrons. The Morgan fingerprint density at radius 2 is 1.56 bits per heavy atom. The maximum absolute atomic E-state index is 14.5. The number of nitrogens with zero attached hydrogens (tertiary/aromatic N) is 1. The second-order valence-electron chi connectivity index (χ2n) is 8.20. The van der Waals surface area contributed by atoms with E-state index in [4.69, 9.17) is 19.5 Å². The van der Waals surface area contributed by atoms with Crippen molar-refractivity contribution in [3.63, 3.8) is 0 Å². The van der Waals surface area contributed by atoms with Gasteiger partial charge in [-0.05, 0) is 38.0 Å². The topological polar surface area (TPSA) is 68.6 Å². The van der Waals surface area contributed by atoms with Crippen LogP contribution in [-0.4, -0.2) is 25.3 Å². The predicted octanol–water partition coefficient (Wildman–Crippen LogP) is 6.09. The van der Waals surface area contributed by atoms with Crippen LogP contribution in [0.25, 0.3) is 0 Å². The van der Waals surface area contributed by atoms with E-state index in [0.717, 1.165) is 57.3 Å². The van der Waals surface area contributed by atoms with Crippen molar-refractivity contribution in [1.82, 2.24) is 0 Å². The summed E-state index contributed by atoms with van der Waals surface area (Å²) in [6.07, 6.45) is 5.92. The first kappa shape index (κ1) is 25.5. The molecule has 1 saturated carbocycles. The highest BCUT2D eigenvalue weighted by Crippen LogP contribution is 2.29. The third-order valence-electron chi connectivity index (χ3n) is 5.69. The van der Waals surface area contributed by atoms with E-state index in [9.17, 15) is 22.4 Å². The molecule has 2 aromatic carbocycles. The second-order valence-corrected chi connectivity index (χ2v) is 8.20. The molecule has 3 rings (SSSR count). The molecule has 0 spiro atoms. The van der Waals surface area contributed by atoms with Crippen molar-refractivity contribution in [1.29, 1.82) is 5.26 Å². The highest BCUT2D eigenvalue weighted by atomic mass is 19.1. The molecule has 0 saturated heterocycles. The molecule has 0 N–H and O–H groups in total. The van der Waals surface area contributed by atoms with Gasteiger partial charge in [0.15, 0.2) is 0 Å². The highest BCUT2D eigenvalue weighted by molar-refractivity contribution is 5.91. The minimum Gasteiger partial charge on any atom is -0.493 e. The normalized spacial score (nSPS) is 17.8. The van der Waals surface area contributed by atoms with Crippen molar-refractivity contribution < 1.29 is 36.6 Å². The van der Waals surface area contributed by atoms with Gasteiger partial charge in [-0.1, -0.05) is 13.3 Å². The molecule has 0 aliphatic heterocycles. The van der Waals surface area contributed by atoms with Gasteiger partial charge in [-0.2, -0.15) is 5.26 Å². The number of halogens is 4. The van der Waals surface area contributed by atoms with Gasteiger partial charge in [-0.15, -0.1) is 0 Å². The molecule has 0 unspecified atom stereocenters. The number of hydrogen-bond donors (Lipinski definition) is 0. The number of carbonyl (C=O) groups is 1. The minimum atomic E-state index is -1.48. The quantitative estimate of drug-likeness (QED) is 0.189. The van der Waals surface area contributed by atoms with Crippen LogP contribution in [0.2, 0.25) is 0 Å². The van der Waals surface area contributed by atoms with Gasteiger partial charge in [0.2, 0.25) is 0 Å². The van der Waals surface area contributed by atoms with E-state index in [2.05, 4.69) is 6.92 Å². The number of benzene rings is 2. The summed E-state index contributed by atoms with van der Waals surface area (Å²) in [6.45, 7) is 3.13. The van der Waals surface area contributed by atoms with E-state index >= 15 is 0 Å². The maximum Gasteiger partial charge on any atom is 0.349 e. The number of esters is 1. The third-order valence-corrected chi connectivity index (χ3v) is 5.69. The Morgan fingerprint density at radius 1 is 0.971 bits per heavy atom. The minimum absolute atomic E-state index is 0.0802. The molecule has 0 aromatic heterocycles. The van der Waals surface area contributed by atoms with Crippen molar-refractivity contribution in [2.45, 2.75) is 51.6 Å². The molecule has 0 bridgehead atoms. The van der Waals surface area contributed by atoms with Crippen molar-refractivity contribution in [3.05, 3.63) is 58.7 Å². The largest absolute Gasteiger partial charge is 0.493 e. The van der Waals surface area contributed by atoms with E-state index in [1.165, 1.54) is 6.07 Å². The molecular formula is C25H25F4NO4. The van der Waals surface area contributed by atoms with Crippen LogP contribution in [0.3, 0.4) is 0 Å². The number of ether oxygens (including phenoxy) is 3. The summed E-state index contributed by atoms with van der Waals surface area (Å²) >= 11 is 0. The number of hydrogen-bond acceptors (Lipinski definition) is 5. The fourth-order valence-electron chi connectivity index (χ4n) is 3.78. The Morgan fingerprint density at radius 3 is 2.12 bits per heavy atom. The Bertz CT molecular complexity index is 1020. The second kappa shape index (κ2) is 11.8. The lowest BCUT2D eigenvalue weighted by molar-refractivity contribution is 0.0116. The van der Waals surface area contributed by atoms with Gasteiger partial charge in [0.25, 0.3) is 0 Å². The Labute approximate surface area is 195 Å². The molecule has 5 nitrogen and oxygen atoms in total. The zero-order chi connectivity index (χ0) is 24.7. The molecule has 0 amide bonds. The number of nitriles is 1. The molecule has 1 fully saturated rings. The van der Waals surface area contributed by atoms with E-state index in [0.29, 0.717) is 12.1 Å². The summed E-state index contributed by atoms with van der Waals surface area (Å²) in [7, 11) is 0. The fraction of sp³-hybridized carbons (Fsp3) is 0.440. The fourth-order valence-corrected chi connectivity index (χ4v) is 3.78. The van der Waals surface area contributed by atoms with Crippen LogP contribution in [0.5, 0.6) is 11.5 Å². The lowest BCUT2D eigenvalue weighted by atomic mass is 9.88. The van der Waals surface area contributed by atoms with Crippen LogP contribution in [-0.2, 0) is 4.74 Å². The molecule has 0 radical (unpaired) electrons. The lowest BCUT2D eigenvalue weighted by Gasteiger charge is -2.28. The summed E-state index contributed by atoms with van der Waals surface area (Å²) < 4.78 is 72.4. The van der Waals surface area contributed by atoms with E-state index in [1.807, 2.05) is 0 Å². The molecular weight excluding hydrogens is 454 g/mol. The van der Waals surface area contributed by atoms with Crippen LogP contribution in [0.4, 0.5) is 17.6 Å². The summed E-state index contributed by atoms with van der Waals surface area (Å²) in [5, 5.41) is 8.67. The van der Waals surface area contributed by atoms with Crippen LogP contribution in [0.15, 0.2) is 24.3 Å². The monoisotopic (exact) mass is 479 g/mol. The van der Waals surface area contributed by atoms with Crippen LogP contribution in [0, 0.1) is 40.5 Å². The lowest BCUT2D eigenvalue weighted by Crippen LogP contribution is -2.25. The van der Waals surface area contributed by atoms with E-state index in [-0.39, 0.29) is 24.4 Å². The maximum atomic E-state index is 14.5. The predicted molar refractivity (Wildman–Crippen MR) is 114 cm³/mol. The summed E-state index contributed by atoms with van der Waals surface area (Å²) in [5.41, 5.74) is -1.89. The number of rotatable bonds is 9.